The van der Waals surface area contributed by atoms with E-state index in [1.54, 1.807) is 0 Å². The second-order valence-electron chi connectivity index (χ2n) is 4.71. The van der Waals surface area contributed by atoms with Gasteiger partial charge in [-0.25, -0.2) is 0 Å². The van der Waals surface area contributed by atoms with E-state index in [1.165, 1.54) is 19.4 Å². The molecule has 14 heavy (non-hydrogen) atoms. The summed E-state index contributed by atoms with van der Waals surface area (Å²) < 4.78 is 5.40. The number of likely N-dealkylation sites (N-methyl/N-ethyl adjacent to an activating group) is 1. The lowest BCUT2D eigenvalue weighted by Crippen LogP contribution is -2.46. The van der Waals surface area contributed by atoms with Crippen LogP contribution in [0.4, 0.5) is 0 Å². The fourth-order valence-electron chi connectivity index (χ4n) is 2.70. The van der Waals surface area contributed by atoms with Crippen molar-refractivity contribution in [1.29, 1.82) is 0 Å². The number of nitrogens with one attached hydrogen (secondary N) is 1. The van der Waals surface area contributed by atoms with Gasteiger partial charge in [-0.2, -0.15) is 0 Å². The zero-order valence-electron chi connectivity index (χ0n) is 9.33. The number of rotatable bonds is 2. The van der Waals surface area contributed by atoms with Crippen LogP contribution in [0, 0.1) is 5.92 Å². The van der Waals surface area contributed by atoms with Crippen molar-refractivity contribution >= 4 is 0 Å². The van der Waals surface area contributed by atoms with Crippen LogP contribution in [-0.4, -0.2) is 50.3 Å². The topological polar surface area (TPSA) is 24.5 Å². The minimum Gasteiger partial charge on any atom is -0.381 e. The van der Waals surface area contributed by atoms with Gasteiger partial charge in [0.1, 0.15) is 0 Å². The van der Waals surface area contributed by atoms with Gasteiger partial charge in [0.2, 0.25) is 0 Å². The highest BCUT2D eigenvalue weighted by molar-refractivity contribution is 4.88. The van der Waals surface area contributed by atoms with Crippen LogP contribution in [0.5, 0.6) is 0 Å². The molecule has 0 amide bonds. The molecule has 0 aromatic carbocycles. The highest BCUT2D eigenvalue weighted by Gasteiger charge is 2.31. The summed E-state index contributed by atoms with van der Waals surface area (Å²) in [7, 11) is 2.28. The Kier molecular flexibility index (Phi) is 3.42. The summed E-state index contributed by atoms with van der Waals surface area (Å²) in [5, 5.41) is 3.47. The fraction of sp³-hybridized carbons (Fsp3) is 1.00. The third kappa shape index (κ3) is 2.10. The molecule has 0 spiro atoms. The molecular weight excluding hydrogens is 176 g/mol. The number of ether oxygens (including phenoxy) is 1. The van der Waals surface area contributed by atoms with Crippen LogP contribution in [0.1, 0.15) is 19.8 Å². The number of hydrogen-bond donors (Lipinski definition) is 1. The monoisotopic (exact) mass is 198 g/mol. The van der Waals surface area contributed by atoms with Crippen molar-refractivity contribution < 1.29 is 4.74 Å². The van der Waals surface area contributed by atoms with Crippen molar-refractivity contribution in [2.24, 2.45) is 5.92 Å². The van der Waals surface area contributed by atoms with E-state index in [9.17, 15) is 0 Å². The van der Waals surface area contributed by atoms with Crippen LogP contribution in [-0.2, 0) is 4.74 Å². The molecule has 2 rings (SSSR count). The highest BCUT2D eigenvalue weighted by Crippen LogP contribution is 2.21. The molecule has 0 aliphatic carbocycles. The van der Waals surface area contributed by atoms with E-state index in [-0.39, 0.29) is 0 Å². The molecule has 2 fully saturated rings. The van der Waals surface area contributed by atoms with Gasteiger partial charge < -0.3 is 10.1 Å². The first kappa shape index (κ1) is 10.4. The van der Waals surface area contributed by atoms with Crippen LogP contribution in [0.3, 0.4) is 0 Å². The van der Waals surface area contributed by atoms with Crippen LogP contribution in [0.25, 0.3) is 0 Å². The van der Waals surface area contributed by atoms with Gasteiger partial charge in [0.25, 0.3) is 0 Å². The van der Waals surface area contributed by atoms with Gasteiger partial charge in [-0.3, -0.25) is 4.90 Å². The molecule has 2 aliphatic heterocycles. The van der Waals surface area contributed by atoms with Gasteiger partial charge in [0.15, 0.2) is 0 Å². The Bertz CT molecular complexity index is 180. The molecule has 2 unspecified atom stereocenters. The molecule has 2 saturated heterocycles. The first-order chi connectivity index (χ1) is 6.79. The summed E-state index contributed by atoms with van der Waals surface area (Å²) >= 11 is 0. The predicted octanol–water partition coefficient (Wildman–Crippen LogP) is 0.705. The second kappa shape index (κ2) is 4.60. The summed E-state index contributed by atoms with van der Waals surface area (Å²) in [5.41, 5.74) is 0. The van der Waals surface area contributed by atoms with E-state index in [4.69, 9.17) is 4.74 Å². The minimum absolute atomic E-state index is 0.734. The average Bonchev–Trinajstić information content (AvgIpc) is 2.65. The molecule has 3 heteroatoms. The number of hydrogen-bond acceptors (Lipinski definition) is 3. The Morgan fingerprint density at radius 3 is 2.50 bits per heavy atom. The number of nitrogens with zero attached hydrogens (tertiary/aromatic N) is 1. The smallest absolute Gasteiger partial charge is 0.0480 e. The Hall–Kier alpha value is -0.120. The van der Waals surface area contributed by atoms with E-state index in [0.717, 1.165) is 37.8 Å². The maximum Gasteiger partial charge on any atom is 0.0480 e. The lowest BCUT2D eigenvalue weighted by atomic mass is 10.00. The van der Waals surface area contributed by atoms with Crippen LogP contribution < -0.4 is 5.32 Å². The molecule has 1 N–H and O–H groups in total. The van der Waals surface area contributed by atoms with Crippen molar-refractivity contribution in [3.8, 4) is 0 Å². The van der Waals surface area contributed by atoms with Crippen molar-refractivity contribution in [2.75, 3.05) is 33.4 Å². The molecule has 2 heterocycles. The van der Waals surface area contributed by atoms with Gasteiger partial charge in [0.05, 0.1) is 0 Å². The molecule has 3 nitrogen and oxygen atoms in total. The molecule has 0 aromatic rings. The molecule has 0 bridgehead atoms. The lowest BCUT2D eigenvalue weighted by Gasteiger charge is -2.36. The zero-order chi connectivity index (χ0) is 9.97. The molecule has 2 atom stereocenters. The van der Waals surface area contributed by atoms with Gasteiger partial charge >= 0.3 is 0 Å². The van der Waals surface area contributed by atoms with E-state index >= 15 is 0 Å². The summed E-state index contributed by atoms with van der Waals surface area (Å²) in [5.74, 6) is 0.794. The van der Waals surface area contributed by atoms with E-state index in [1.807, 2.05) is 0 Å². The molecular formula is C11H22N2O. The molecule has 0 saturated carbocycles. The quantitative estimate of drug-likeness (QED) is 0.707. The van der Waals surface area contributed by atoms with E-state index in [2.05, 4.69) is 24.2 Å². The van der Waals surface area contributed by atoms with Gasteiger partial charge in [0, 0.05) is 31.8 Å². The van der Waals surface area contributed by atoms with Crippen LogP contribution >= 0.6 is 0 Å². The maximum absolute atomic E-state index is 5.40. The highest BCUT2D eigenvalue weighted by atomic mass is 16.5. The maximum atomic E-state index is 5.40. The molecule has 82 valence electrons. The Balaban J connectivity index is 1.89. The van der Waals surface area contributed by atoms with Crippen molar-refractivity contribution in [3.05, 3.63) is 0 Å². The minimum atomic E-state index is 0.734. The Labute approximate surface area is 86.8 Å². The summed E-state index contributed by atoms with van der Waals surface area (Å²) in [6.07, 6.45) is 2.42. The molecule has 0 radical (unpaired) electrons. The first-order valence-electron chi connectivity index (χ1n) is 5.79. The standard InChI is InChI=1S/C11H22N2O/c1-9-7-12-8-11(9)13(2)10-3-5-14-6-4-10/h9-12H,3-8H2,1-2H3. The van der Waals surface area contributed by atoms with Crippen molar-refractivity contribution in [3.63, 3.8) is 0 Å². The van der Waals surface area contributed by atoms with Crippen molar-refractivity contribution in [1.82, 2.24) is 10.2 Å². The van der Waals surface area contributed by atoms with E-state index in [0.29, 0.717) is 0 Å². The predicted molar refractivity (Wildman–Crippen MR) is 57.4 cm³/mol. The zero-order valence-corrected chi connectivity index (χ0v) is 9.33. The average molecular weight is 198 g/mol. The Morgan fingerprint density at radius 2 is 1.93 bits per heavy atom. The van der Waals surface area contributed by atoms with Crippen molar-refractivity contribution in [2.45, 2.75) is 31.8 Å². The second-order valence-corrected chi connectivity index (χ2v) is 4.71. The summed E-state index contributed by atoms with van der Waals surface area (Å²) in [6, 6.07) is 1.48. The third-order valence-electron chi connectivity index (χ3n) is 3.77. The molecule has 0 aromatic heterocycles. The van der Waals surface area contributed by atoms with Crippen LogP contribution in [0.15, 0.2) is 0 Å². The lowest BCUT2D eigenvalue weighted by molar-refractivity contribution is 0.0258. The first-order valence-corrected chi connectivity index (χ1v) is 5.79. The largest absolute Gasteiger partial charge is 0.381 e. The third-order valence-corrected chi connectivity index (χ3v) is 3.77. The summed E-state index contributed by atoms with van der Waals surface area (Å²) in [4.78, 5) is 2.58. The van der Waals surface area contributed by atoms with Crippen LogP contribution in [0.2, 0.25) is 0 Å². The Morgan fingerprint density at radius 1 is 1.21 bits per heavy atom. The molecule has 2 aliphatic rings. The SMILES string of the molecule is CC1CNCC1N(C)C1CCOCC1. The summed E-state index contributed by atoms with van der Waals surface area (Å²) in [6.45, 7) is 6.58. The van der Waals surface area contributed by atoms with Gasteiger partial charge in [-0.1, -0.05) is 6.92 Å². The van der Waals surface area contributed by atoms with Gasteiger partial charge in [-0.15, -0.1) is 0 Å². The van der Waals surface area contributed by atoms with E-state index < -0.39 is 0 Å². The van der Waals surface area contributed by atoms with Gasteiger partial charge in [-0.05, 0) is 32.4 Å². The fourth-order valence-corrected chi connectivity index (χ4v) is 2.70. The normalized spacial score (nSPS) is 35.4.